The zero-order valence-electron chi connectivity index (χ0n) is 12.2. The molecule has 18 heavy (non-hydrogen) atoms. The summed E-state index contributed by atoms with van der Waals surface area (Å²) in [4.78, 5) is 2.41. The summed E-state index contributed by atoms with van der Waals surface area (Å²) in [5, 5.41) is 11.0. The van der Waals surface area contributed by atoms with Crippen LogP contribution in [0.3, 0.4) is 0 Å². The van der Waals surface area contributed by atoms with Crippen molar-refractivity contribution in [2.45, 2.75) is 52.3 Å². The Morgan fingerprint density at radius 2 is 1.67 bits per heavy atom. The first-order valence-corrected chi connectivity index (χ1v) is 7.07. The molecule has 2 rings (SSSR count). The second kappa shape index (κ2) is 5.13. The quantitative estimate of drug-likeness (QED) is 0.756. The van der Waals surface area contributed by atoms with Crippen molar-refractivity contribution < 1.29 is 5.11 Å². The Morgan fingerprint density at radius 3 is 2.11 bits per heavy atom. The Balaban J connectivity index is 2.00. The van der Waals surface area contributed by atoms with Gasteiger partial charge in [0.1, 0.15) is 0 Å². The van der Waals surface area contributed by atoms with E-state index in [2.05, 4.69) is 65.2 Å². The maximum Gasteiger partial charge on any atom is 0.0862 e. The van der Waals surface area contributed by atoms with Gasteiger partial charge < -0.3 is 5.11 Å². The van der Waals surface area contributed by atoms with Gasteiger partial charge in [-0.2, -0.15) is 0 Å². The average Bonchev–Trinajstić information content (AvgIpc) is 2.75. The van der Waals surface area contributed by atoms with Gasteiger partial charge in [0.15, 0.2) is 0 Å². The maximum absolute atomic E-state index is 11.0. The Bertz CT molecular complexity index is 273. The second-order valence-corrected chi connectivity index (χ2v) is 6.35. The minimum Gasteiger partial charge on any atom is -0.388 e. The normalized spacial score (nSPS) is 33.7. The summed E-state index contributed by atoms with van der Waals surface area (Å²) in [6.07, 6.45) is 8.48. The highest BCUT2D eigenvalue weighted by Gasteiger charge is 2.59. The first-order chi connectivity index (χ1) is 8.39. The van der Waals surface area contributed by atoms with E-state index in [-0.39, 0.29) is 11.8 Å². The van der Waals surface area contributed by atoms with Crippen LogP contribution in [0.2, 0.25) is 0 Å². The average molecular weight is 248 g/mol. The zero-order valence-corrected chi connectivity index (χ0v) is 12.2. The molecule has 5 radical (unpaired) electrons. The largest absolute Gasteiger partial charge is 0.388 e. The third-order valence-corrected chi connectivity index (χ3v) is 4.67. The van der Waals surface area contributed by atoms with E-state index in [9.17, 15) is 5.11 Å². The van der Waals surface area contributed by atoms with Crippen LogP contribution in [0.25, 0.3) is 0 Å². The molecule has 1 N–H and O–H groups in total. The van der Waals surface area contributed by atoms with Crippen molar-refractivity contribution in [2.75, 3.05) is 6.54 Å². The topological polar surface area (TPSA) is 23.2 Å². The summed E-state index contributed by atoms with van der Waals surface area (Å²) in [5.41, 5.74) is -0.577. The lowest BCUT2D eigenvalue weighted by molar-refractivity contribution is -0.0573. The fraction of sp³-hybridized carbons (Fsp3) is 0.688. The van der Waals surface area contributed by atoms with Crippen molar-refractivity contribution in [3.05, 3.63) is 31.6 Å². The van der Waals surface area contributed by atoms with Gasteiger partial charge in [-0.1, -0.05) is 27.7 Å². The van der Waals surface area contributed by atoms with Crippen LogP contribution in [0.1, 0.15) is 34.6 Å². The Hall–Kier alpha value is -0.0800. The summed E-state index contributed by atoms with van der Waals surface area (Å²) in [7, 11) is 0. The van der Waals surface area contributed by atoms with Crippen LogP contribution in [0, 0.1) is 43.4 Å². The summed E-state index contributed by atoms with van der Waals surface area (Å²) < 4.78 is 0. The molecule has 3 atom stereocenters. The number of nitrogens with zero attached hydrogens (tertiary/aromatic N) is 1. The highest BCUT2D eigenvalue weighted by Crippen LogP contribution is 2.45. The Kier molecular flexibility index (Phi) is 4.08. The van der Waals surface area contributed by atoms with Gasteiger partial charge in [-0.05, 0) is 50.4 Å². The first kappa shape index (κ1) is 14.3. The van der Waals surface area contributed by atoms with E-state index in [1.807, 2.05) is 0 Å². The van der Waals surface area contributed by atoms with Gasteiger partial charge in [-0.25, -0.2) is 0 Å². The molecule has 2 heteroatoms. The van der Waals surface area contributed by atoms with E-state index in [4.69, 9.17) is 0 Å². The first-order valence-electron chi connectivity index (χ1n) is 7.07. The van der Waals surface area contributed by atoms with Gasteiger partial charge in [-0.3, -0.25) is 4.90 Å². The van der Waals surface area contributed by atoms with Crippen LogP contribution in [0.5, 0.6) is 0 Å². The van der Waals surface area contributed by atoms with E-state index in [0.29, 0.717) is 12.1 Å². The van der Waals surface area contributed by atoms with Crippen LogP contribution in [-0.2, 0) is 0 Å². The Morgan fingerprint density at radius 1 is 1.17 bits per heavy atom. The molecular formula is C16H26NO. The molecule has 0 aromatic rings. The van der Waals surface area contributed by atoms with Crippen LogP contribution in [0.4, 0.5) is 0 Å². The zero-order chi connectivity index (χ0) is 13.5. The molecule has 101 valence electrons. The fourth-order valence-electron chi connectivity index (χ4n) is 3.38. The summed E-state index contributed by atoms with van der Waals surface area (Å²) in [5.74, 6) is 1.92. The molecule has 1 heterocycles. The van der Waals surface area contributed by atoms with Crippen LogP contribution in [0.15, 0.2) is 0 Å². The lowest BCUT2D eigenvalue weighted by Gasteiger charge is -2.37. The van der Waals surface area contributed by atoms with Gasteiger partial charge >= 0.3 is 0 Å². The third-order valence-electron chi connectivity index (χ3n) is 4.67. The molecule has 0 spiro atoms. The SMILES string of the molecule is CC(C)C(O)(C(C)C)[C@@H]1[C@H](C)N1C[C]1[CH][CH][CH][CH]1. The molecule has 0 aromatic carbocycles. The fourth-order valence-corrected chi connectivity index (χ4v) is 3.38. The summed E-state index contributed by atoms with van der Waals surface area (Å²) in [6, 6.07) is 0.780. The molecule has 2 nitrogen and oxygen atoms in total. The van der Waals surface area contributed by atoms with E-state index in [0.717, 1.165) is 6.54 Å². The number of hydrogen-bond acceptors (Lipinski definition) is 2. The van der Waals surface area contributed by atoms with Crippen molar-refractivity contribution in [1.82, 2.24) is 4.90 Å². The number of rotatable bonds is 5. The highest BCUT2D eigenvalue weighted by atomic mass is 16.3. The van der Waals surface area contributed by atoms with Crippen LogP contribution in [-0.4, -0.2) is 34.2 Å². The van der Waals surface area contributed by atoms with Crippen molar-refractivity contribution >= 4 is 0 Å². The molecule has 1 saturated heterocycles. The molecule has 1 aliphatic carbocycles. The highest BCUT2D eigenvalue weighted by molar-refractivity contribution is 5.37. The molecule has 0 bridgehead atoms. The number of hydrogen-bond donors (Lipinski definition) is 1. The third kappa shape index (κ3) is 2.34. The maximum atomic E-state index is 11.0. The smallest absolute Gasteiger partial charge is 0.0862 e. The molecular weight excluding hydrogens is 222 g/mol. The minimum atomic E-state index is -0.577. The molecule has 1 saturated carbocycles. The molecule has 2 fully saturated rings. The van der Waals surface area contributed by atoms with Gasteiger partial charge in [0, 0.05) is 12.6 Å². The van der Waals surface area contributed by atoms with Crippen molar-refractivity contribution in [3.8, 4) is 0 Å². The van der Waals surface area contributed by atoms with Gasteiger partial charge in [-0.15, -0.1) is 0 Å². The van der Waals surface area contributed by atoms with Gasteiger partial charge in [0.2, 0.25) is 0 Å². The number of aliphatic hydroxyl groups is 1. The molecule has 0 aromatic heterocycles. The van der Waals surface area contributed by atoms with Gasteiger partial charge in [0.25, 0.3) is 0 Å². The van der Waals surface area contributed by atoms with E-state index in [1.165, 1.54) is 5.92 Å². The van der Waals surface area contributed by atoms with E-state index < -0.39 is 5.60 Å². The van der Waals surface area contributed by atoms with Crippen molar-refractivity contribution in [2.24, 2.45) is 11.8 Å². The molecule has 1 aliphatic heterocycles. The second-order valence-electron chi connectivity index (χ2n) is 6.35. The monoisotopic (exact) mass is 248 g/mol. The van der Waals surface area contributed by atoms with E-state index >= 15 is 0 Å². The lowest BCUT2D eigenvalue weighted by Crippen LogP contribution is -2.48. The Labute approximate surface area is 113 Å². The summed E-state index contributed by atoms with van der Waals surface area (Å²) >= 11 is 0. The standard InChI is InChI=1S/C16H26NO/c1-11(2)16(18,12(3)4)15-13(5)17(15)10-14-8-6-7-9-14/h6-9,11-13,15,18H,10H2,1-5H3/t13-,15-,17?/m0/s1. The summed E-state index contributed by atoms with van der Waals surface area (Å²) in [6.45, 7) is 11.7. The predicted octanol–water partition coefficient (Wildman–Crippen LogP) is 2.51. The predicted molar refractivity (Wildman–Crippen MR) is 75.0 cm³/mol. The minimum absolute atomic E-state index is 0.287. The van der Waals surface area contributed by atoms with Crippen LogP contribution < -0.4 is 0 Å². The molecule has 0 amide bonds. The molecule has 2 aliphatic rings. The van der Waals surface area contributed by atoms with Crippen molar-refractivity contribution in [1.29, 1.82) is 0 Å². The lowest BCUT2D eigenvalue weighted by atomic mass is 9.76. The van der Waals surface area contributed by atoms with Gasteiger partial charge in [0.05, 0.1) is 11.6 Å². The van der Waals surface area contributed by atoms with Crippen molar-refractivity contribution in [3.63, 3.8) is 0 Å². The van der Waals surface area contributed by atoms with Crippen LogP contribution >= 0.6 is 0 Å². The van der Waals surface area contributed by atoms with E-state index in [1.54, 1.807) is 0 Å². The molecule has 1 unspecified atom stereocenters.